The van der Waals surface area contributed by atoms with Gasteiger partial charge in [-0.25, -0.2) is 9.37 Å². The van der Waals surface area contributed by atoms with Gasteiger partial charge >= 0.3 is 0 Å². The number of amides is 1. The Morgan fingerprint density at radius 3 is 2.74 bits per heavy atom. The van der Waals surface area contributed by atoms with Crippen LogP contribution in [0.15, 0.2) is 54.7 Å². The monoisotopic (exact) mass is 438 g/mol. The summed E-state index contributed by atoms with van der Waals surface area (Å²) in [5.41, 5.74) is 2.88. The van der Waals surface area contributed by atoms with E-state index in [0.29, 0.717) is 17.9 Å². The molecule has 160 valence electrons. The number of halogens is 2. The molecular weight excluding hydrogens is 415 g/mol. The molecule has 5 nitrogen and oxygen atoms in total. The van der Waals surface area contributed by atoms with Crippen LogP contribution in [0, 0.1) is 17.2 Å². The minimum Gasteiger partial charge on any atom is -0.352 e. The van der Waals surface area contributed by atoms with Gasteiger partial charge in [0.1, 0.15) is 11.6 Å². The summed E-state index contributed by atoms with van der Waals surface area (Å²) in [4.78, 5) is 22.6. The van der Waals surface area contributed by atoms with Crippen LogP contribution in [0.5, 0.6) is 0 Å². The first-order valence-corrected chi connectivity index (χ1v) is 10.9. The predicted octanol–water partition coefficient (Wildman–Crippen LogP) is 4.51. The van der Waals surface area contributed by atoms with E-state index in [1.807, 2.05) is 24.4 Å². The van der Waals surface area contributed by atoms with Gasteiger partial charge in [-0.3, -0.25) is 9.69 Å². The molecule has 2 heterocycles. The lowest BCUT2D eigenvalue weighted by atomic mass is 9.57. The number of aromatic amines is 1. The average molecular weight is 439 g/mol. The van der Waals surface area contributed by atoms with Crippen molar-refractivity contribution >= 4 is 17.5 Å². The van der Waals surface area contributed by atoms with Crippen molar-refractivity contribution in [3.63, 3.8) is 0 Å². The highest BCUT2D eigenvalue weighted by Gasteiger charge is 2.51. The molecule has 1 aliphatic carbocycles. The zero-order chi connectivity index (χ0) is 21.4. The number of nitrogens with zero attached hydrogens (tertiary/aromatic N) is 2. The van der Waals surface area contributed by atoms with Gasteiger partial charge in [0.05, 0.1) is 0 Å². The standard InChI is InChI=1S/C24H24ClFN4O/c25-19-6-18(7-20(26)8-19)23(31)28-11-16-9-24(10-16)14-30(15-24)13-21-12-27-22(29-21)17-4-2-1-3-5-17/h1-8,12,16H,9-11,13-15H2,(H,27,29)(H,28,31). The summed E-state index contributed by atoms with van der Waals surface area (Å²) in [6.07, 6.45) is 4.16. The van der Waals surface area contributed by atoms with Crippen molar-refractivity contribution < 1.29 is 9.18 Å². The Hall–Kier alpha value is -2.70. The van der Waals surface area contributed by atoms with Crippen molar-refractivity contribution in [3.8, 4) is 11.4 Å². The Morgan fingerprint density at radius 2 is 2.00 bits per heavy atom. The number of benzene rings is 2. The van der Waals surface area contributed by atoms with E-state index in [0.717, 1.165) is 49.6 Å². The number of H-pyrrole nitrogens is 1. The smallest absolute Gasteiger partial charge is 0.251 e. The van der Waals surface area contributed by atoms with E-state index in [9.17, 15) is 9.18 Å². The second kappa shape index (κ2) is 8.09. The number of carbonyl (C=O) groups is 1. The summed E-state index contributed by atoms with van der Waals surface area (Å²) in [5.74, 6) is 0.617. The third-order valence-corrected chi connectivity index (χ3v) is 6.53. The van der Waals surface area contributed by atoms with Crippen LogP contribution in [0.3, 0.4) is 0 Å². The molecule has 0 atom stereocenters. The molecule has 1 saturated heterocycles. The number of hydrogen-bond donors (Lipinski definition) is 2. The summed E-state index contributed by atoms with van der Waals surface area (Å²) < 4.78 is 13.4. The van der Waals surface area contributed by atoms with Gasteiger partial charge in [0.15, 0.2) is 0 Å². The first kappa shape index (κ1) is 20.2. The largest absolute Gasteiger partial charge is 0.352 e. The van der Waals surface area contributed by atoms with Crippen molar-refractivity contribution in [2.75, 3.05) is 19.6 Å². The van der Waals surface area contributed by atoms with Crippen LogP contribution in [-0.2, 0) is 6.54 Å². The zero-order valence-corrected chi connectivity index (χ0v) is 17.8. The summed E-state index contributed by atoms with van der Waals surface area (Å²) in [6.45, 7) is 3.66. The molecule has 0 radical (unpaired) electrons. The molecule has 0 unspecified atom stereocenters. The molecule has 3 aromatic rings. The molecule has 1 aliphatic heterocycles. The van der Waals surface area contributed by atoms with Gasteiger partial charge in [0, 0.05) is 54.2 Å². The van der Waals surface area contributed by atoms with Crippen LogP contribution < -0.4 is 5.32 Å². The van der Waals surface area contributed by atoms with Crippen LogP contribution in [-0.4, -0.2) is 40.4 Å². The average Bonchev–Trinajstić information content (AvgIpc) is 3.16. The van der Waals surface area contributed by atoms with E-state index in [1.165, 1.54) is 18.2 Å². The second-order valence-corrected chi connectivity index (χ2v) is 9.35. The van der Waals surface area contributed by atoms with Crippen molar-refractivity contribution in [1.82, 2.24) is 20.2 Å². The number of hydrogen-bond acceptors (Lipinski definition) is 3. The second-order valence-electron chi connectivity index (χ2n) is 8.91. The Labute approximate surface area is 185 Å². The lowest BCUT2D eigenvalue weighted by molar-refractivity contribution is -0.0971. The maximum Gasteiger partial charge on any atom is 0.251 e. The molecule has 2 aliphatic rings. The van der Waals surface area contributed by atoms with E-state index in [-0.39, 0.29) is 16.5 Å². The molecule has 1 aromatic heterocycles. The summed E-state index contributed by atoms with van der Waals surface area (Å²) in [5, 5.41) is 3.15. The Morgan fingerprint density at radius 1 is 1.23 bits per heavy atom. The van der Waals surface area contributed by atoms with Gasteiger partial charge in [-0.05, 0) is 42.4 Å². The maximum absolute atomic E-state index is 13.4. The van der Waals surface area contributed by atoms with Crippen molar-refractivity contribution in [3.05, 3.63) is 76.8 Å². The molecule has 1 saturated carbocycles. The first-order chi connectivity index (χ1) is 15.0. The maximum atomic E-state index is 13.4. The van der Waals surface area contributed by atoms with E-state index < -0.39 is 5.82 Å². The van der Waals surface area contributed by atoms with E-state index >= 15 is 0 Å². The number of likely N-dealkylation sites (tertiary alicyclic amines) is 1. The van der Waals surface area contributed by atoms with Gasteiger partial charge < -0.3 is 10.3 Å². The fourth-order valence-corrected chi connectivity index (χ4v) is 5.25. The molecule has 5 rings (SSSR count). The fourth-order valence-electron chi connectivity index (χ4n) is 5.03. The highest BCUT2D eigenvalue weighted by atomic mass is 35.5. The first-order valence-electron chi connectivity index (χ1n) is 10.5. The molecule has 2 N–H and O–H groups in total. The quantitative estimate of drug-likeness (QED) is 0.595. The molecule has 31 heavy (non-hydrogen) atoms. The lowest BCUT2D eigenvalue weighted by Gasteiger charge is -2.59. The Kier molecular flexibility index (Phi) is 5.28. The molecular formula is C24H24ClFN4O. The fraction of sp³-hybridized carbons (Fsp3) is 0.333. The number of imidazole rings is 1. The van der Waals surface area contributed by atoms with Gasteiger partial charge in [-0.1, -0.05) is 41.9 Å². The molecule has 0 bridgehead atoms. The van der Waals surface area contributed by atoms with E-state index in [1.54, 1.807) is 0 Å². The Bertz CT molecular complexity index is 1070. The normalized spacial score (nSPS) is 17.9. The van der Waals surface area contributed by atoms with Crippen molar-refractivity contribution in [2.45, 2.75) is 19.4 Å². The Balaban J connectivity index is 1.06. The minimum atomic E-state index is -0.497. The van der Waals surface area contributed by atoms with Crippen LogP contribution >= 0.6 is 11.6 Å². The van der Waals surface area contributed by atoms with E-state index in [4.69, 9.17) is 11.6 Å². The summed E-state index contributed by atoms with van der Waals surface area (Å²) in [6, 6.07) is 14.0. The summed E-state index contributed by atoms with van der Waals surface area (Å²) in [7, 11) is 0. The number of carbonyl (C=O) groups excluding carboxylic acids is 1. The molecule has 1 amide bonds. The van der Waals surface area contributed by atoms with E-state index in [2.05, 4.69) is 32.3 Å². The van der Waals surface area contributed by atoms with Crippen LogP contribution in [0.4, 0.5) is 4.39 Å². The number of rotatable bonds is 6. The highest BCUT2D eigenvalue weighted by Crippen LogP contribution is 2.51. The van der Waals surface area contributed by atoms with Crippen LogP contribution in [0.25, 0.3) is 11.4 Å². The van der Waals surface area contributed by atoms with Crippen LogP contribution in [0.1, 0.15) is 28.9 Å². The van der Waals surface area contributed by atoms with Crippen molar-refractivity contribution in [1.29, 1.82) is 0 Å². The zero-order valence-electron chi connectivity index (χ0n) is 17.1. The SMILES string of the molecule is O=C(NCC1CC2(C1)CN(Cc1cnc(-c3ccccc3)[nH]1)C2)c1cc(F)cc(Cl)c1. The molecule has 2 aromatic carbocycles. The lowest BCUT2D eigenvalue weighted by Crippen LogP contribution is -2.62. The van der Waals surface area contributed by atoms with Crippen LogP contribution in [0.2, 0.25) is 5.02 Å². The van der Waals surface area contributed by atoms with Crippen molar-refractivity contribution in [2.24, 2.45) is 11.3 Å². The van der Waals surface area contributed by atoms with Gasteiger partial charge in [0.25, 0.3) is 5.91 Å². The van der Waals surface area contributed by atoms with Gasteiger partial charge in [-0.15, -0.1) is 0 Å². The van der Waals surface area contributed by atoms with Gasteiger partial charge in [0.2, 0.25) is 0 Å². The van der Waals surface area contributed by atoms with Gasteiger partial charge in [-0.2, -0.15) is 0 Å². The molecule has 7 heteroatoms. The third kappa shape index (κ3) is 4.36. The molecule has 2 fully saturated rings. The molecule has 1 spiro atoms. The topological polar surface area (TPSA) is 61.0 Å². The number of aromatic nitrogens is 2. The predicted molar refractivity (Wildman–Crippen MR) is 118 cm³/mol. The number of nitrogens with one attached hydrogen (secondary N) is 2. The summed E-state index contributed by atoms with van der Waals surface area (Å²) >= 11 is 5.83. The highest BCUT2D eigenvalue weighted by molar-refractivity contribution is 6.31. The third-order valence-electron chi connectivity index (χ3n) is 6.31. The minimum absolute atomic E-state index is 0.232.